The van der Waals surface area contributed by atoms with Gasteiger partial charge in [-0.3, -0.25) is 4.79 Å². The fourth-order valence-electron chi connectivity index (χ4n) is 1.49. The van der Waals surface area contributed by atoms with E-state index in [-0.39, 0.29) is 6.42 Å². The highest BCUT2D eigenvalue weighted by molar-refractivity contribution is 5.67. The molecule has 15 heavy (non-hydrogen) atoms. The van der Waals surface area contributed by atoms with E-state index in [1.807, 2.05) is 18.2 Å². The van der Waals surface area contributed by atoms with Crippen LogP contribution in [-0.4, -0.2) is 24.3 Å². The van der Waals surface area contributed by atoms with Crippen LogP contribution < -0.4 is 9.47 Å². The van der Waals surface area contributed by atoms with Crippen molar-refractivity contribution in [2.45, 2.75) is 12.8 Å². The predicted molar refractivity (Wildman–Crippen MR) is 53.4 cm³/mol. The number of carbonyl (C=O) groups is 1. The standard InChI is InChI=1S/C11H12O4/c12-11(13)4-2-8-1-3-9-10(7-8)15-6-5-14-9/h1,3,7H,2,4-6H2,(H,12,13). The van der Waals surface area contributed by atoms with E-state index in [9.17, 15) is 4.79 Å². The average Bonchev–Trinajstić information content (AvgIpc) is 2.26. The number of carboxylic acid groups (broad SMARTS) is 1. The van der Waals surface area contributed by atoms with Gasteiger partial charge in [-0.05, 0) is 24.1 Å². The van der Waals surface area contributed by atoms with Crippen LogP contribution in [0.4, 0.5) is 0 Å². The van der Waals surface area contributed by atoms with Crippen molar-refractivity contribution in [2.75, 3.05) is 13.2 Å². The molecule has 0 saturated carbocycles. The van der Waals surface area contributed by atoms with Gasteiger partial charge in [0, 0.05) is 6.42 Å². The SMILES string of the molecule is O=C(O)CCc1ccc2c(c1)OCCO2. The monoisotopic (exact) mass is 208 g/mol. The molecule has 1 aromatic rings. The van der Waals surface area contributed by atoms with Crippen molar-refractivity contribution >= 4 is 5.97 Å². The van der Waals surface area contributed by atoms with Gasteiger partial charge in [-0.1, -0.05) is 6.07 Å². The molecule has 0 amide bonds. The highest BCUT2D eigenvalue weighted by atomic mass is 16.6. The number of hydrogen-bond acceptors (Lipinski definition) is 3. The van der Waals surface area contributed by atoms with Crippen LogP contribution in [0.5, 0.6) is 11.5 Å². The largest absolute Gasteiger partial charge is 0.486 e. The molecule has 1 aromatic carbocycles. The third-order valence-electron chi connectivity index (χ3n) is 2.23. The molecular formula is C11H12O4. The molecule has 0 unspecified atom stereocenters. The van der Waals surface area contributed by atoms with Crippen molar-refractivity contribution in [3.63, 3.8) is 0 Å². The van der Waals surface area contributed by atoms with E-state index in [0.717, 1.165) is 11.3 Å². The lowest BCUT2D eigenvalue weighted by Gasteiger charge is -2.18. The van der Waals surface area contributed by atoms with Crippen molar-refractivity contribution in [1.29, 1.82) is 0 Å². The molecule has 0 aliphatic carbocycles. The molecule has 1 aliphatic rings. The van der Waals surface area contributed by atoms with Gasteiger partial charge in [0.25, 0.3) is 0 Å². The van der Waals surface area contributed by atoms with Crippen LogP contribution in [0.25, 0.3) is 0 Å². The first-order valence-electron chi connectivity index (χ1n) is 4.86. The lowest BCUT2D eigenvalue weighted by atomic mass is 10.1. The molecule has 0 spiro atoms. The number of aliphatic carboxylic acids is 1. The summed E-state index contributed by atoms with van der Waals surface area (Å²) in [6, 6.07) is 5.54. The maximum atomic E-state index is 10.4. The zero-order valence-electron chi connectivity index (χ0n) is 8.23. The molecule has 0 saturated heterocycles. The van der Waals surface area contributed by atoms with Gasteiger partial charge >= 0.3 is 5.97 Å². The first-order chi connectivity index (χ1) is 7.25. The Bertz CT molecular complexity index is 373. The molecular weight excluding hydrogens is 196 g/mol. The van der Waals surface area contributed by atoms with Gasteiger partial charge < -0.3 is 14.6 Å². The zero-order chi connectivity index (χ0) is 10.7. The number of aryl methyl sites for hydroxylation is 1. The summed E-state index contributed by atoms with van der Waals surface area (Å²) in [6.07, 6.45) is 0.658. The Balaban J connectivity index is 2.10. The van der Waals surface area contributed by atoms with Crippen molar-refractivity contribution < 1.29 is 19.4 Å². The quantitative estimate of drug-likeness (QED) is 0.817. The minimum absolute atomic E-state index is 0.139. The second-order valence-electron chi connectivity index (χ2n) is 3.37. The van der Waals surface area contributed by atoms with E-state index in [0.29, 0.717) is 25.4 Å². The van der Waals surface area contributed by atoms with Gasteiger partial charge in [0.15, 0.2) is 11.5 Å². The molecule has 4 nitrogen and oxygen atoms in total. The number of benzene rings is 1. The second kappa shape index (κ2) is 4.21. The Hall–Kier alpha value is -1.71. The van der Waals surface area contributed by atoms with Gasteiger partial charge in [0.05, 0.1) is 0 Å². The Labute approximate surface area is 87.4 Å². The molecule has 2 rings (SSSR count). The van der Waals surface area contributed by atoms with Crippen LogP contribution in [0.2, 0.25) is 0 Å². The van der Waals surface area contributed by atoms with Crippen LogP contribution in [0.1, 0.15) is 12.0 Å². The molecule has 1 heterocycles. The normalized spacial score (nSPS) is 13.6. The molecule has 80 valence electrons. The number of carboxylic acids is 1. The van der Waals surface area contributed by atoms with Crippen LogP contribution in [0.3, 0.4) is 0 Å². The number of ether oxygens (including phenoxy) is 2. The minimum Gasteiger partial charge on any atom is -0.486 e. The Morgan fingerprint density at radius 2 is 2.00 bits per heavy atom. The van der Waals surface area contributed by atoms with E-state index in [1.165, 1.54) is 0 Å². The minimum atomic E-state index is -0.787. The Morgan fingerprint density at radius 3 is 2.73 bits per heavy atom. The van der Waals surface area contributed by atoms with Crippen LogP contribution >= 0.6 is 0 Å². The van der Waals surface area contributed by atoms with Gasteiger partial charge in [-0.15, -0.1) is 0 Å². The maximum absolute atomic E-state index is 10.4. The fraction of sp³-hybridized carbons (Fsp3) is 0.364. The smallest absolute Gasteiger partial charge is 0.303 e. The third kappa shape index (κ3) is 2.40. The second-order valence-corrected chi connectivity index (χ2v) is 3.37. The molecule has 0 fully saturated rings. The maximum Gasteiger partial charge on any atom is 0.303 e. The molecule has 0 radical (unpaired) electrons. The summed E-state index contributed by atoms with van der Waals surface area (Å²) in [4.78, 5) is 10.4. The first-order valence-corrected chi connectivity index (χ1v) is 4.86. The van der Waals surface area contributed by atoms with Crippen molar-refractivity contribution in [3.8, 4) is 11.5 Å². The molecule has 0 atom stereocenters. The lowest BCUT2D eigenvalue weighted by Crippen LogP contribution is -2.15. The summed E-state index contributed by atoms with van der Waals surface area (Å²) in [6.45, 7) is 1.12. The average molecular weight is 208 g/mol. The van der Waals surface area contributed by atoms with Gasteiger partial charge in [-0.2, -0.15) is 0 Å². The lowest BCUT2D eigenvalue weighted by molar-refractivity contribution is -0.136. The van der Waals surface area contributed by atoms with Gasteiger partial charge in [-0.25, -0.2) is 0 Å². The summed E-state index contributed by atoms with van der Waals surface area (Å²) in [5.41, 5.74) is 0.960. The number of fused-ring (bicyclic) bond motifs is 1. The number of rotatable bonds is 3. The summed E-state index contributed by atoms with van der Waals surface area (Å²) in [7, 11) is 0. The van der Waals surface area contributed by atoms with Crippen LogP contribution in [0, 0.1) is 0 Å². The molecule has 0 bridgehead atoms. The first kappa shape index (κ1) is 9.83. The summed E-state index contributed by atoms with van der Waals surface area (Å²) < 4.78 is 10.8. The van der Waals surface area contributed by atoms with Crippen molar-refractivity contribution in [2.24, 2.45) is 0 Å². The van der Waals surface area contributed by atoms with Gasteiger partial charge in [0.1, 0.15) is 13.2 Å². The molecule has 0 aromatic heterocycles. The fourth-order valence-corrected chi connectivity index (χ4v) is 1.49. The Morgan fingerprint density at radius 1 is 1.27 bits per heavy atom. The molecule has 4 heteroatoms. The van der Waals surface area contributed by atoms with E-state index in [1.54, 1.807) is 0 Å². The predicted octanol–water partition coefficient (Wildman–Crippen LogP) is 1.48. The summed E-state index contributed by atoms with van der Waals surface area (Å²) >= 11 is 0. The van der Waals surface area contributed by atoms with Gasteiger partial charge in [0.2, 0.25) is 0 Å². The number of hydrogen-bond donors (Lipinski definition) is 1. The third-order valence-corrected chi connectivity index (χ3v) is 2.23. The zero-order valence-corrected chi connectivity index (χ0v) is 8.23. The highest BCUT2D eigenvalue weighted by Crippen LogP contribution is 2.30. The van der Waals surface area contributed by atoms with Crippen molar-refractivity contribution in [1.82, 2.24) is 0 Å². The molecule has 1 aliphatic heterocycles. The van der Waals surface area contributed by atoms with Crippen LogP contribution in [0.15, 0.2) is 18.2 Å². The summed E-state index contributed by atoms with van der Waals surface area (Å²) in [5, 5.41) is 8.56. The topological polar surface area (TPSA) is 55.8 Å². The van der Waals surface area contributed by atoms with E-state index >= 15 is 0 Å². The van der Waals surface area contributed by atoms with Crippen molar-refractivity contribution in [3.05, 3.63) is 23.8 Å². The van der Waals surface area contributed by atoms with E-state index in [4.69, 9.17) is 14.6 Å². The van der Waals surface area contributed by atoms with E-state index in [2.05, 4.69) is 0 Å². The highest BCUT2D eigenvalue weighted by Gasteiger charge is 2.11. The summed E-state index contributed by atoms with van der Waals surface area (Å²) in [5.74, 6) is 0.661. The molecule has 1 N–H and O–H groups in total. The Kier molecular flexibility index (Phi) is 2.76. The van der Waals surface area contributed by atoms with E-state index < -0.39 is 5.97 Å². The van der Waals surface area contributed by atoms with Crippen LogP contribution in [-0.2, 0) is 11.2 Å².